The SMILES string of the molecule is CCCCCCCC/C=C\CCCCCCCC(=O)OCCCCCCCCCCCCCCCCCCCCCCCCCC(=O)NC(CO)C(O)/C=C/CCCCCCCCCCCCCCCCCCC. The molecule has 1 amide bonds. The van der Waals surface area contributed by atoms with E-state index in [4.69, 9.17) is 4.74 Å². The Kier molecular flexibility index (Phi) is 62.4. The van der Waals surface area contributed by atoms with Crippen LogP contribution >= 0.6 is 0 Å². The van der Waals surface area contributed by atoms with Crippen LogP contribution in [0.5, 0.6) is 0 Å². The van der Waals surface area contributed by atoms with Crippen LogP contribution in [0.25, 0.3) is 0 Å². The summed E-state index contributed by atoms with van der Waals surface area (Å²) in [5, 5.41) is 23.2. The molecule has 0 heterocycles. The molecule has 74 heavy (non-hydrogen) atoms. The molecule has 2 unspecified atom stereocenters. The minimum absolute atomic E-state index is 0.00661. The molecule has 0 aliphatic carbocycles. The van der Waals surface area contributed by atoms with Gasteiger partial charge in [0, 0.05) is 12.8 Å². The molecule has 3 N–H and O–H groups in total. The van der Waals surface area contributed by atoms with E-state index in [1.807, 2.05) is 6.08 Å². The first-order valence-corrected chi connectivity index (χ1v) is 33.6. The topological polar surface area (TPSA) is 95.9 Å². The van der Waals surface area contributed by atoms with Crippen molar-refractivity contribution in [1.29, 1.82) is 0 Å². The molecule has 438 valence electrons. The summed E-state index contributed by atoms with van der Waals surface area (Å²) in [5.74, 6) is -0.0576. The van der Waals surface area contributed by atoms with Crippen LogP contribution in [0, 0.1) is 0 Å². The van der Waals surface area contributed by atoms with Crippen molar-refractivity contribution < 1.29 is 24.5 Å². The molecular formula is C68H131NO5. The van der Waals surface area contributed by atoms with Gasteiger partial charge in [-0.25, -0.2) is 0 Å². The molecule has 0 aliphatic heterocycles. The molecule has 0 spiro atoms. The summed E-state index contributed by atoms with van der Waals surface area (Å²) in [6.07, 6.45) is 79.5. The zero-order chi connectivity index (χ0) is 53.6. The van der Waals surface area contributed by atoms with Crippen LogP contribution in [0.15, 0.2) is 24.3 Å². The molecule has 2 atom stereocenters. The van der Waals surface area contributed by atoms with Crippen LogP contribution in [-0.4, -0.2) is 47.4 Å². The Bertz CT molecular complexity index is 1150. The van der Waals surface area contributed by atoms with Gasteiger partial charge in [-0.15, -0.1) is 0 Å². The lowest BCUT2D eigenvalue weighted by Crippen LogP contribution is -2.45. The van der Waals surface area contributed by atoms with Crippen molar-refractivity contribution in [3.05, 3.63) is 24.3 Å². The van der Waals surface area contributed by atoms with E-state index in [0.717, 1.165) is 44.9 Å². The van der Waals surface area contributed by atoms with Crippen molar-refractivity contribution in [2.75, 3.05) is 13.2 Å². The van der Waals surface area contributed by atoms with E-state index in [-0.39, 0.29) is 18.5 Å². The number of carbonyl (C=O) groups excluding carboxylic acids is 2. The number of allylic oxidation sites excluding steroid dienone is 3. The summed E-state index contributed by atoms with van der Waals surface area (Å²) >= 11 is 0. The molecule has 0 bridgehead atoms. The minimum Gasteiger partial charge on any atom is -0.466 e. The fraction of sp³-hybridized carbons (Fsp3) is 0.912. The zero-order valence-corrected chi connectivity index (χ0v) is 50.1. The molecule has 0 rings (SSSR count). The van der Waals surface area contributed by atoms with E-state index in [1.165, 1.54) is 302 Å². The molecule has 0 fully saturated rings. The first-order chi connectivity index (χ1) is 36.5. The van der Waals surface area contributed by atoms with Crippen molar-refractivity contribution in [2.45, 2.75) is 386 Å². The number of hydrogen-bond acceptors (Lipinski definition) is 5. The fourth-order valence-electron chi connectivity index (χ4n) is 10.6. The number of aliphatic hydroxyl groups excluding tert-OH is 2. The Morgan fingerprint density at radius 2 is 0.635 bits per heavy atom. The van der Waals surface area contributed by atoms with Gasteiger partial charge in [0.1, 0.15) is 0 Å². The third-order valence-electron chi connectivity index (χ3n) is 15.7. The Morgan fingerprint density at radius 3 is 0.959 bits per heavy atom. The molecule has 6 heteroatoms. The van der Waals surface area contributed by atoms with Crippen molar-refractivity contribution in [1.82, 2.24) is 5.32 Å². The highest BCUT2D eigenvalue weighted by Gasteiger charge is 2.18. The normalized spacial score (nSPS) is 12.6. The van der Waals surface area contributed by atoms with Gasteiger partial charge < -0.3 is 20.3 Å². The summed E-state index contributed by atoms with van der Waals surface area (Å²) in [6, 6.07) is -0.628. The maximum atomic E-state index is 12.5. The molecule has 0 saturated heterocycles. The molecule has 0 radical (unpaired) electrons. The van der Waals surface area contributed by atoms with Crippen LogP contribution in [0.3, 0.4) is 0 Å². The maximum Gasteiger partial charge on any atom is 0.305 e. The van der Waals surface area contributed by atoms with Gasteiger partial charge >= 0.3 is 5.97 Å². The highest BCUT2D eigenvalue weighted by atomic mass is 16.5. The summed E-state index contributed by atoms with van der Waals surface area (Å²) < 4.78 is 5.49. The first kappa shape index (κ1) is 72.3. The number of amides is 1. The van der Waals surface area contributed by atoms with Gasteiger partial charge in [-0.3, -0.25) is 9.59 Å². The Morgan fingerprint density at radius 1 is 0.365 bits per heavy atom. The second kappa shape index (κ2) is 63.9. The summed E-state index contributed by atoms with van der Waals surface area (Å²) in [4.78, 5) is 24.6. The zero-order valence-electron chi connectivity index (χ0n) is 50.1. The molecule has 6 nitrogen and oxygen atoms in total. The van der Waals surface area contributed by atoms with Gasteiger partial charge in [-0.1, -0.05) is 327 Å². The van der Waals surface area contributed by atoms with E-state index in [0.29, 0.717) is 19.4 Å². The fourth-order valence-corrected chi connectivity index (χ4v) is 10.6. The standard InChI is InChI=1S/C68H131NO5/c1-3-5-7-9-11-13-15-17-19-20-26-29-33-36-40-44-48-52-56-60-66(71)65(64-70)69-67(72)61-57-53-49-45-41-37-34-30-27-24-22-21-23-25-28-31-35-39-43-47-51-55-59-63-74-68(73)62-58-54-50-46-42-38-32-18-16-14-12-10-8-6-4-2/h18,32,56,60,65-66,70-71H,3-17,19-31,33-55,57-59,61-64H2,1-2H3,(H,69,72)/b32-18-,60-56+. The maximum absolute atomic E-state index is 12.5. The number of esters is 1. The summed E-state index contributed by atoms with van der Waals surface area (Å²) in [6.45, 7) is 4.93. The van der Waals surface area contributed by atoms with Crippen molar-refractivity contribution in [3.63, 3.8) is 0 Å². The highest BCUT2D eigenvalue weighted by Crippen LogP contribution is 2.18. The van der Waals surface area contributed by atoms with E-state index < -0.39 is 12.1 Å². The lowest BCUT2D eigenvalue weighted by atomic mass is 10.0. The number of ether oxygens (including phenoxy) is 1. The highest BCUT2D eigenvalue weighted by molar-refractivity contribution is 5.76. The van der Waals surface area contributed by atoms with Gasteiger partial charge in [0.2, 0.25) is 5.91 Å². The molecular weight excluding hydrogens is 911 g/mol. The number of aliphatic hydroxyl groups is 2. The average molecular weight is 1040 g/mol. The summed E-state index contributed by atoms with van der Waals surface area (Å²) in [5.41, 5.74) is 0. The van der Waals surface area contributed by atoms with E-state index in [1.54, 1.807) is 6.08 Å². The first-order valence-electron chi connectivity index (χ1n) is 33.6. The summed E-state index contributed by atoms with van der Waals surface area (Å²) in [7, 11) is 0. The van der Waals surface area contributed by atoms with Gasteiger partial charge in [-0.2, -0.15) is 0 Å². The van der Waals surface area contributed by atoms with Crippen LogP contribution < -0.4 is 5.32 Å². The molecule has 0 aromatic carbocycles. The van der Waals surface area contributed by atoms with Gasteiger partial charge in [0.05, 0.1) is 25.4 Å². The number of carbonyl (C=O) groups is 2. The van der Waals surface area contributed by atoms with E-state index in [9.17, 15) is 19.8 Å². The van der Waals surface area contributed by atoms with Gasteiger partial charge in [0.25, 0.3) is 0 Å². The molecule has 0 aliphatic rings. The van der Waals surface area contributed by atoms with Gasteiger partial charge in [-0.05, 0) is 57.8 Å². The van der Waals surface area contributed by atoms with Crippen molar-refractivity contribution >= 4 is 11.9 Å². The molecule has 0 saturated carbocycles. The lowest BCUT2D eigenvalue weighted by molar-refractivity contribution is -0.143. The number of hydrogen-bond donors (Lipinski definition) is 3. The second-order valence-electron chi connectivity index (χ2n) is 23.2. The van der Waals surface area contributed by atoms with E-state index >= 15 is 0 Å². The van der Waals surface area contributed by atoms with Crippen LogP contribution in [0.2, 0.25) is 0 Å². The Balaban J connectivity index is 3.40. The van der Waals surface area contributed by atoms with Crippen LogP contribution in [0.4, 0.5) is 0 Å². The lowest BCUT2D eigenvalue weighted by Gasteiger charge is -2.20. The average Bonchev–Trinajstić information content (AvgIpc) is 3.40. The third-order valence-corrected chi connectivity index (χ3v) is 15.7. The molecule has 0 aromatic heterocycles. The number of unbranched alkanes of at least 4 members (excludes halogenated alkanes) is 50. The van der Waals surface area contributed by atoms with E-state index in [2.05, 4.69) is 31.3 Å². The van der Waals surface area contributed by atoms with Crippen molar-refractivity contribution in [2.24, 2.45) is 0 Å². The number of nitrogens with one attached hydrogen (secondary N) is 1. The minimum atomic E-state index is -0.845. The van der Waals surface area contributed by atoms with Crippen LogP contribution in [-0.2, 0) is 14.3 Å². The second-order valence-corrected chi connectivity index (χ2v) is 23.2. The monoisotopic (exact) mass is 1040 g/mol. The predicted molar refractivity (Wildman–Crippen MR) is 324 cm³/mol. The predicted octanol–water partition coefficient (Wildman–Crippen LogP) is 21.4. The molecule has 0 aromatic rings. The largest absolute Gasteiger partial charge is 0.466 e. The van der Waals surface area contributed by atoms with Crippen LogP contribution in [0.1, 0.15) is 373 Å². The Labute approximate surface area is 462 Å². The van der Waals surface area contributed by atoms with Crippen molar-refractivity contribution in [3.8, 4) is 0 Å². The quantitative estimate of drug-likeness (QED) is 0.0320. The van der Waals surface area contributed by atoms with Gasteiger partial charge in [0.15, 0.2) is 0 Å². The number of rotatable bonds is 63. The smallest absolute Gasteiger partial charge is 0.305 e. The Hall–Kier alpha value is -1.66. The third kappa shape index (κ3) is 59.6.